The van der Waals surface area contributed by atoms with Crippen molar-refractivity contribution < 1.29 is 0 Å². The van der Waals surface area contributed by atoms with Crippen LogP contribution in [0.4, 0.5) is 0 Å². The van der Waals surface area contributed by atoms with Crippen molar-refractivity contribution in [3.63, 3.8) is 0 Å². The molecule has 0 aromatic heterocycles. The molecule has 0 atom stereocenters. The Balaban J connectivity index is 1.98. The number of rotatable bonds is 5. The topological polar surface area (TPSA) is 12.0 Å². The van der Waals surface area contributed by atoms with Crippen molar-refractivity contribution >= 4 is 0 Å². The third-order valence-corrected chi connectivity index (χ3v) is 3.52. The van der Waals surface area contributed by atoms with Gasteiger partial charge in [0, 0.05) is 6.54 Å². The maximum absolute atomic E-state index is 3.31. The molecule has 1 fully saturated rings. The van der Waals surface area contributed by atoms with E-state index in [1.807, 2.05) is 0 Å². The third kappa shape index (κ3) is 2.60. The van der Waals surface area contributed by atoms with Crippen LogP contribution in [-0.2, 0) is 12.8 Å². The van der Waals surface area contributed by atoms with Crippen LogP contribution in [0.15, 0.2) is 24.3 Å². The lowest BCUT2D eigenvalue weighted by Crippen LogP contribution is -2.21. The van der Waals surface area contributed by atoms with Crippen LogP contribution in [0.25, 0.3) is 0 Å². The Morgan fingerprint density at radius 2 is 1.73 bits per heavy atom. The van der Waals surface area contributed by atoms with Crippen LogP contribution in [0.3, 0.4) is 0 Å². The SMILES string of the molecule is CCc1ccc(CC2(CNC)CC2)cc1. The van der Waals surface area contributed by atoms with Crippen LogP contribution in [0.5, 0.6) is 0 Å². The number of hydrogen-bond acceptors (Lipinski definition) is 1. The first-order valence-electron chi connectivity index (χ1n) is 6.00. The molecule has 1 aromatic carbocycles. The molecule has 1 aliphatic carbocycles. The second kappa shape index (κ2) is 4.36. The molecule has 1 N–H and O–H groups in total. The van der Waals surface area contributed by atoms with Crippen molar-refractivity contribution in [2.45, 2.75) is 32.6 Å². The third-order valence-electron chi connectivity index (χ3n) is 3.52. The molecule has 1 heteroatoms. The Kier molecular flexibility index (Phi) is 3.11. The zero-order chi connectivity index (χ0) is 10.7. The van der Waals surface area contributed by atoms with E-state index >= 15 is 0 Å². The van der Waals surface area contributed by atoms with E-state index in [2.05, 4.69) is 43.6 Å². The lowest BCUT2D eigenvalue weighted by molar-refractivity contribution is 0.478. The first kappa shape index (κ1) is 10.7. The Morgan fingerprint density at radius 1 is 1.13 bits per heavy atom. The Labute approximate surface area is 92.9 Å². The minimum Gasteiger partial charge on any atom is -0.319 e. The van der Waals surface area contributed by atoms with Crippen LogP contribution in [-0.4, -0.2) is 13.6 Å². The lowest BCUT2D eigenvalue weighted by Gasteiger charge is -2.14. The number of hydrogen-bond donors (Lipinski definition) is 1. The standard InChI is InChI=1S/C14H21N/c1-3-12-4-6-13(7-5-12)10-14(8-9-14)11-15-2/h4-7,15H,3,8-11H2,1-2H3. The van der Waals surface area contributed by atoms with E-state index in [1.54, 1.807) is 0 Å². The van der Waals surface area contributed by atoms with Gasteiger partial charge in [-0.25, -0.2) is 0 Å². The van der Waals surface area contributed by atoms with E-state index < -0.39 is 0 Å². The van der Waals surface area contributed by atoms with Crippen molar-refractivity contribution in [1.82, 2.24) is 5.32 Å². The van der Waals surface area contributed by atoms with Gasteiger partial charge in [0.2, 0.25) is 0 Å². The van der Waals surface area contributed by atoms with E-state index in [1.165, 1.54) is 36.9 Å². The average molecular weight is 203 g/mol. The molecule has 0 unspecified atom stereocenters. The summed E-state index contributed by atoms with van der Waals surface area (Å²) in [7, 11) is 2.06. The maximum atomic E-state index is 3.31. The summed E-state index contributed by atoms with van der Waals surface area (Å²) in [6, 6.07) is 9.14. The fraction of sp³-hybridized carbons (Fsp3) is 0.571. The highest BCUT2D eigenvalue weighted by atomic mass is 14.8. The number of nitrogens with one attached hydrogen (secondary N) is 1. The second-order valence-corrected chi connectivity index (χ2v) is 4.88. The fourth-order valence-corrected chi connectivity index (χ4v) is 2.29. The molecule has 0 radical (unpaired) electrons. The van der Waals surface area contributed by atoms with Crippen molar-refractivity contribution in [2.75, 3.05) is 13.6 Å². The van der Waals surface area contributed by atoms with E-state index in [9.17, 15) is 0 Å². The van der Waals surface area contributed by atoms with Gasteiger partial charge in [0.15, 0.2) is 0 Å². The number of benzene rings is 1. The van der Waals surface area contributed by atoms with E-state index in [4.69, 9.17) is 0 Å². The molecule has 2 rings (SSSR count). The van der Waals surface area contributed by atoms with Gasteiger partial charge in [0.1, 0.15) is 0 Å². The molecule has 1 aromatic rings. The van der Waals surface area contributed by atoms with Crippen molar-refractivity contribution in [1.29, 1.82) is 0 Å². The van der Waals surface area contributed by atoms with E-state index in [0.29, 0.717) is 5.41 Å². The van der Waals surface area contributed by atoms with Crippen molar-refractivity contribution in [3.05, 3.63) is 35.4 Å². The molecule has 0 amide bonds. The molecular weight excluding hydrogens is 182 g/mol. The molecule has 82 valence electrons. The smallest absolute Gasteiger partial charge is 0.000800 e. The van der Waals surface area contributed by atoms with Crippen LogP contribution < -0.4 is 5.32 Å². The van der Waals surface area contributed by atoms with Gasteiger partial charge >= 0.3 is 0 Å². The minimum atomic E-state index is 0.586. The van der Waals surface area contributed by atoms with Gasteiger partial charge in [-0.1, -0.05) is 31.2 Å². The lowest BCUT2D eigenvalue weighted by atomic mass is 9.95. The summed E-state index contributed by atoms with van der Waals surface area (Å²) < 4.78 is 0. The molecule has 15 heavy (non-hydrogen) atoms. The van der Waals surface area contributed by atoms with Crippen LogP contribution in [0, 0.1) is 5.41 Å². The van der Waals surface area contributed by atoms with Gasteiger partial charge in [-0.15, -0.1) is 0 Å². The summed E-state index contributed by atoms with van der Waals surface area (Å²) >= 11 is 0. The van der Waals surface area contributed by atoms with E-state index in [0.717, 1.165) is 6.42 Å². The first-order valence-corrected chi connectivity index (χ1v) is 6.00. The summed E-state index contributed by atoms with van der Waals surface area (Å²) in [4.78, 5) is 0. The molecule has 1 saturated carbocycles. The fourth-order valence-electron chi connectivity index (χ4n) is 2.29. The molecule has 1 nitrogen and oxygen atoms in total. The second-order valence-electron chi connectivity index (χ2n) is 4.88. The highest BCUT2D eigenvalue weighted by Gasteiger charge is 2.41. The maximum Gasteiger partial charge on any atom is 0.000800 e. The largest absolute Gasteiger partial charge is 0.319 e. The predicted molar refractivity (Wildman–Crippen MR) is 65.1 cm³/mol. The monoisotopic (exact) mass is 203 g/mol. The molecule has 0 bridgehead atoms. The van der Waals surface area contributed by atoms with Crippen LogP contribution in [0.1, 0.15) is 30.9 Å². The highest BCUT2D eigenvalue weighted by molar-refractivity contribution is 5.24. The quantitative estimate of drug-likeness (QED) is 0.776. The average Bonchev–Trinajstić information content (AvgIpc) is 3.00. The van der Waals surface area contributed by atoms with Crippen LogP contribution >= 0.6 is 0 Å². The zero-order valence-electron chi connectivity index (χ0n) is 9.84. The summed E-state index contributed by atoms with van der Waals surface area (Å²) in [6.45, 7) is 3.38. The Morgan fingerprint density at radius 3 is 2.20 bits per heavy atom. The van der Waals surface area contributed by atoms with Gasteiger partial charge in [-0.05, 0) is 49.3 Å². The summed E-state index contributed by atoms with van der Waals surface area (Å²) in [5.74, 6) is 0. The summed E-state index contributed by atoms with van der Waals surface area (Å²) in [5.41, 5.74) is 3.53. The van der Waals surface area contributed by atoms with Gasteiger partial charge < -0.3 is 5.32 Å². The molecule has 1 aliphatic rings. The summed E-state index contributed by atoms with van der Waals surface area (Å²) in [5, 5.41) is 3.31. The number of aryl methyl sites for hydroxylation is 1. The normalized spacial score (nSPS) is 17.7. The Bertz CT molecular complexity index is 309. The van der Waals surface area contributed by atoms with Crippen LogP contribution in [0.2, 0.25) is 0 Å². The zero-order valence-corrected chi connectivity index (χ0v) is 9.84. The van der Waals surface area contributed by atoms with E-state index in [-0.39, 0.29) is 0 Å². The molecule has 0 saturated heterocycles. The first-order chi connectivity index (χ1) is 7.28. The van der Waals surface area contributed by atoms with Gasteiger partial charge in [0.25, 0.3) is 0 Å². The van der Waals surface area contributed by atoms with Crippen molar-refractivity contribution in [3.8, 4) is 0 Å². The van der Waals surface area contributed by atoms with Gasteiger partial charge in [0.05, 0.1) is 0 Å². The van der Waals surface area contributed by atoms with Gasteiger partial charge in [-0.3, -0.25) is 0 Å². The molecule has 0 spiro atoms. The molecule has 0 aliphatic heterocycles. The Hall–Kier alpha value is -0.820. The van der Waals surface area contributed by atoms with Gasteiger partial charge in [-0.2, -0.15) is 0 Å². The predicted octanol–water partition coefficient (Wildman–Crippen LogP) is 2.79. The molecular formula is C14H21N. The van der Waals surface area contributed by atoms with Crippen molar-refractivity contribution in [2.24, 2.45) is 5.41 Å². The minimum absolute atomic E-state index is 0.586. The molecule has 0 heterocycles. The highest BCUT2D eigenvalue weighted by Crippen LogP contribution is 2.47. The summed E-state index contributed by atoms with van der Waals surface area (Å²) in [6.07, 6.45) is 5.17.